The lowest BCUT2D eigenvalue weighted by atomic mass is 10.3. The van der Waals surface area contributed by atoms with Crippen molar-refractivity contribution in [2.45, 2.75) is 9.92 Å². The van der Waals surface area contributed by atoms with Crippen LogP contribution in [-0.4, -0.2) is 28.1 Å². The highest BCUT2D eigenvalue weighted by atomic mass is 32.2. The minimum absolute atomic E-state index is 0.0682. The fourth-order valence-corrected chi connectivity index (χ4v) is 2.20. The summed E-state index contributed by atoms with van der Waals surface area (Å²) in [5.74, 6) is 0.705. The van der Waals surface area contributed by atoms with Crippen molar-refractivity contribution in [3.63, 3.8) is 0 Å². The largest absolute Gasteiger partial charge is 0.496 e. The van der Waals surface area contributed by atoms with Crippen molar-refractivity contribution in [1.29, 1.82) is 0 Å². The number of benzene rings is 1. The molecule has 6 nitrogen and oxygen atoms in total. The van der Waals surface area contributed by atoms with Crippen molar-refractivity contribution in [2.75, 3.05) is 7.11 Å². The molecule has 3 N–H and O–H groups in total. The molecule has 0 saturated carbocycles. The van der Waals surface area contributed by atoms with Crippen LogP contribution in [0.15, 0.2) is 51.7 Å². The number of nitrogens with zero attached hydrogens (tertiary/aromatic N) is 3. The van der Waals surface area contributed by atoms with Gasteiger partial charge in [-0.15, -0.1) is 0 Å². The standard InChI is InChI=1S/C12H12N4O2S/c1-18-9-4-2-3-5-10(9)19-11-7-14-8(6-15-11)12(13)16-17/h2-7,17H,1H3,(H2,13,16). The van der Waals surface area contributed by atoms with Crippen molar-refractivity contribution in [3.8, 4) is 5.75 Å². The monoisotopic (exact) mass is 276 g/mol. The van der Waals surface area contributed by atoms with E-state index < -0.39 is 0 Å². The van der Waals surface area contributed by atoms with E-state index in [1.165, 1.54) is 18.0 Å². The normalized spacial score (nSPS) is 11.3. The minimum atomic E-state index is -0.0682. The smallest absolute Gasteiger partial charge is 0.190 e. The van der Waals surface area contributed by atoms with E-state index in [0.717, 1.165) is 10.6 Å². The van der Waals surface area contributed by atoms with Gasteiger partial charge in [0.05, 0.1) is 24.4 Å². The van der Waals surface area contributed by atoms with Crippen LogP contribution >= 0.6 is 11.8 Å². The number of nitrogens with two attached hydrogens (primary N) is 1. The quantitative estimate of drug-likeness (QED) is 0.382. The molecule has 0 atom stereocenters. The number of aromatic nitrogens is 2. The van der Waals surface area contributed by atoms with Gasteiger partial charge >= 0.3 is 0 Å². The molecule has 0 aliphatic carbocycles. The molecular weight excluding hydrogens is 264 g/mol. The summed E-state index contributed by atoms with van der Waals surface area (Å²) in [7, 11) is 1.62. The maximum absolute atomic E-state index is 8.53. The number of hydrogen-bond acceptors (Lipinski definition) is 6. The molecule has 1 aromatic heterocycles. The van der Waals surface area contributed by atoms with E-state index in [1.54, 1.807) is 13.3 Å². The van der Waals surface area contributed by atoms with E-state index in [0.29, 0.717) is 10.7 Å². The zero-order valence-electron chi connectivity index (χ0n) is 10.1. The third-order valence-corrected chi connectivity index (χ3v) is 3.26. The zero-order chi connectivity index (χ0) is 13.7. The summed E-state index contributed by atoms with van der Waals surface area (Å²) >= 11 is 1.43. The van der Waals surface area contributed by atoms with Gasteiger partial charge in [-0.05, 0) is 12.1 Å². The minimum Gasteiger partial charge on any atom is -0.496 e. The van der Waals surface area contributed by atoms with E-state index in [9.17, 15) is 0 Å². The molecule has 0 radical (unpaired) electrons. The average Bonchev–Trinajstić information content (AvgIpc) is 2.48. The molecule has 2 aromatic rings. The summed E-state index contributed by atoms with van der Waals surface area (Å²) in [6, 6.07) is 7.63. The first kappa shape index (κ1) is 13.2. The van der Waals surface area contributed by atoms with Gasteiger partial charge in [-0.25, -0.2) is 9.97 Å². The van der Waals surface area contributed by atoms with Gasteiger partial charge in [0.2, 0.25) is 0 Å². The molecule has 1 aromatic carbocycles. The molecule has 0 aliphatic rings. The SMILES string of the molecule is COc1ccccc1Sc1cnc(C(N)=NO)cn1. The summed E-state index contributed by atoms with van der Waals surface area (Å²) < 4.78 is 5.26. The molecule has 0 unspecified atom stereocenters. The number of ether oxygens (including phenoxy) is 1. The molecule has 0 bridgehead atoms. The van der Waals surface area contributed by atoms with Crippen LogP contribution in [-0.2, 0) is 0 Å². The van der Waals surface area contributed by atoms with Crippen LogP contribution in [0.2, 0.25) is 0 Å². The van der Waals surface area contributed by atoms with Crippen molar-refractivity contribution in [3.05, 3.63) is 42.4 Å². The molecular formula is C12H12N4O2S. The predicted octanol–water partition coefficient (Wildman–Crippen LogP) is 1.73. The molecule has 0 amide bonds. The number of amidine groups is 1. The Morgan fingerprint density at radius 2 is 2.11 bits per heavy atom. The number of oxime groups is 1. The van der Waals surface area contributed by atoms with Crippen LogP contribution in [0.5, 0.6) is 5.75 Å². The molecule has 19 heavy (non-hydrogen) atoms. The van der Waals surface area contributed by atoms with Crippen molar-refractivity contribution >= 4 is 17.6 Å². The van der Waals surface area contributed by atoms with E-state index in [-0.39, 0.29) is 5.84 Å². The van der Waals surface area contributed by atoms with Gasteiger partial charge in [-0.3, -0.25) is 0 Å². The lowest BCUT2D eigenvalue weighted by Gasteiger charge is -2.06. The van der Waals surface area contributed by atoms with Crippen LogP contribution in [0.1, 0.15) is 5.69 Å². The van der Waals surface area contributed by atoms with E-state index in [2.05, 4.69) is 15.1 Å². The molecule has 98 valence electrons. The number of hydrogen-bond donors (Lipinski definition) is 2. The first-order valence-corrected chi connectivity index (χ1v) is 6.17. The van der Waals surface area contributed by atoms with E-state index >= 15 is 0 Å². The molecule has 0 fully saturated rings. The third kappa shape index (κ3) is 3.14. The van der Waals surface area contributed by atoms with E-state index in [4.69, 9.17) is 15.7 Å². The number of para-hydroxylation sites is 1. The Hall–Kier alpha value is -2.28. The second-order valence-corrected chi connectivity index (χ2v) is 4.54. The third-order valence-electron chi connectivity index (χ3n) is 2.28. The first-order chi connectivity index (χ1) is 9.24. The van der Waals surface area contributed by atoms with Gasteiger partial charge < -0.3 is 15.7 Å². The first-order valence-electron chi connectivity index (χ1n) is 5.35. The average molecular weight is 276 g/mol. The van der Waals surface area contributed by atoms with Crippen LogP contribution < -0.4 is 10.5 Å². The van der Waals surface area contributed by atoms with Crippen molar-refractivity contribution in [1.82, 2.24) is 9.97 Å². The van der Waals surface area contributed by atoms with Crippen LogP contribution in [0, 0.1) is 0 Å². The summed E-state index contributed by atoms with van der Waals surface area (Å²) in [5, 5.41) is 12.1. The molecule has 2 rings (SSSR count). The van der Waals surface area contributed by atoms with Gasteiger partial charge in [0.1, 0.15) is 16.5 Å². The Kier molecular flexibility index (Phi) is 4.19. The summed E-state index contributed by atoms with van der Waals surface area (Å²) in [6.07, 6.45) is 3.01. The highest BCUT2D eigenvalue weighted by Gasteiger charge is 2.07. The zero-order valence-corrected chi connectivity index (χ0v) is 11.0. The molecule has 1 heterocycles. The van der Waals surface area contributed by atoms with E-state index in [1.807, 2.05) is 24.3 Å². The predicted molar refractivity (Wildman–Crippen MR) is 71.7 cm³/mol. The van der Waals surface area contributed by atoms with Gasteiger partial charge in [-0.1, -0.05) is 29.1 Å². The second-order valence-electron chi connectivity index (χ2n) is 3.48. The molecule has 0 spiro atoms. The van der Waals surface area contributed by atoms with Gasteiger partial charge in [0, 0.05) is 0 Å². The fourth-order valence-electron chi connectivity index (χ4n) is 1.37. The number of rotatable bonds is 4. The number of methoxy groups -OCH3 is 1. The topological polar surface area (TPSA) is 93.6 Å². The Labute approximate surface area is 114 Å². The summed E-state index contributed by atoms with van der Waals surface area (Å²) in [6.45, 7) is 0. The van der Waals surface area contributed by atoms with Gasteiger partial charge in [0.15, 0.2) is 5.84 Å². The molecule has 0 aliphatic heterocycles. The lowest BCUT2D eigenvalue weighted by molar-refractivity contribution is 0.318. The Morgan fingerprint density at radius 3 is 2.74 bits per heavy atom. The Morgan fingerprint density at radius 1 is 1.32 bits per heavy atom. The second kappa shape index (κ2) is 6.05. The van der Waals surface area contributed by atoms with Crippen LogP contribution in [0.25, 0.3) is 0 Å². The van der Waals surface area contributed by atoms with Gasteiger partial charge in [-0.2, -0.15) is 0 Å². The molecule has 7 heteroatoms. The van der Waals surface area contributed by atoms with Crippen LogP contribution in [0.4, 0.5) is 0 Å². The lowest BCUT2D eigenvalue weighted by Crippen LogP contribution is -2.15. The van der Waals surface area contributed by atoms with Crippen LogP contribution in [0.3, 0.4) is 0 Å². The highest BCUT2D eigenvalue weighted by Crippen LogP contribution is 2.32. The highest BCUT2D eigenvalue weighted by molar-refractivity contribution is 7.99. The maximum atomic E-state index is 8.53. The summed E-state index contributed by atoms with van der Waals surface area (Å²) in [5.41, 5.74) is 5.74. The Bertz CT molecular complexity index is 587. The Balaban J connectivity index is 2.20. The molecule has 0 saturated heterocycles. The van der Waals surface area contributed by atoms with Gasteiger partial charge in [0.25, 0.3) is 0 Å². The van der Waals surface area contributed by atoms with Crippen molar-refractivity contribution < 1.29 is 9.94 Å². The van der Waals surface area contributed by atoms with Crippen molar-refractivity contribution in [2.24, 2.45) is 10.9 Å². The summed E-state index contributed by atoms with van der Waals surface area (Å²) in [4.78, 5) is 9.19. The maximum Gasteiger partial charge on any atom is 0.190 e. The fraction of sp³-hybridized carbons (Fsp3) is 0.0833.